The second-order valence-electron chi connectivity index (χ2n) is 6.98. The molecule has 0 bridgehead atoms. The van der Waals surface area contributed by atoms with Gasteiger partial charge in [0.25, 0.3) is 5.91 Å². The molecule has 4 heterocycles. The molecule has 0 saturated carbocycles. The number of hydrogen-bond donors (Lipinski definition) is 1. The highest BCUT2D eigenvalue weighted by atomic mass is 16.5. The number of methoxy groups -OCH3 is 1. The third-order valence-electron chi connectivity index (χ3n) is 5.29. The van der Waals surface area contributed by atoms with Crippen LogP contribution in [0.15, 0.2) is 35.1 Å². The molecule has 2 atom stereocenters. The number of carbonyl (C=O) groups excluding carboxylic acids is 1. The van der Waals surface area contributed by atoms with Crippen molar-refractivity contribution in [3.63, 3.8) is 0 Å². The molecule has 1 N–H and O–H groups in total. The number of pyridine rings is 1. The van der Waals surface area contributed by atoms with E-state index in [0.717, 1.165) is 31.8 Å². The average Bonchev–Trinajstić information content (AvgIpc) is 3.36. The van der Waals surface area contributed by atoms with Gasteiger partial charge in [0.15, 0.2) is 0 Å². The van der Waals surface area contributed by atoms with Gasteiger partial charge < -0.3 is 19.3 Å². The van der Waals surface area contributed by atoms with Gasteiger partial charge in [0.05, 0.1) is 26.5 Å². The van der Waals surface area contributed by atoms with E-state index in [1.54, 1.807) is 19.4 Å². The topological polar surface area (TPSA) is 89.7 Å². The van der Waals surface area contributed by atoms with Crippen LogP contribution in [0.1, 0.15) is 16.1 Å². The summed E-state index contributed by atoms with van der Waals surface area (Å²) in [4.78, 5) is 18.8. The zero-order valence-corrected chi connectivity index (χ0v) is 14.7. The van der Waals surface area contributed by atoms with Crippen LogP contribution >= 0.6 is 0 Å². The molecule has 0 radical (unpaired) electrons. The number of carbonyl (C=O) groups is 1. The Labute approximate surface area is 151 Å². The standard InChI is InChI=1S/C18H22N4O4/c1-24-17-13(3-2-5-19-17)7-22-8-14-9-25-12-18(14,11-22)10-20-16(23)15-4-6-21-26-15/h2-6,14H,7-12H2,1H3,(H,20,23)/t14-,18+/m1/s1. The average molecular weight is 358 g/mol. The number of hydrogen-bond acceptors (Lipinski definition) is 7. The number of rotatable bonds is 6. The molecule has 0 aromatic carbocycles. The first-order chi connectivity index (χ1) is 12.7. The van der Waals surface area contributed by atoms with Crippen molar-refractivity contribution >= 4 is 5.91 Å². The number of amides is 1. The molecule has 1 amide bonds. The molecule has 2 aromatic heterocycles. The van der Waals surface area contributed by atoms with Crippen LogP contribution in [0.5, 0.6) is 5.88 Å². The Hall–Kier alpha value is -2.45. The molecule has 4 rings (SSSR count). The molecule has 0 aliphatic carbocycles. The van der Waals surface area contributed by atoms with Crippen LogP contribution < -0.4 is 10.1 Å². The molecular formula is C18H22N4O4. The van der Waals surface area contributed by atoms with Crippen LogP contribution in [0.25, 0.3) is 0 Å². The minimum absolute atomic E-state index is 0.0782. The molecule has 2 aliphatic rings. The van der Waals surface area contributed by atoms with Gasteiger partial charge in [-0.05, 0) is 6.07 Å². The van der Waals surface area contributed by atoms with E-state index in [4.69, 9.17) is 14.0 Å². The highest BCUT2D eigenvalue weighted by molar-refractivity contribution is 5.91. The van der Waals surface area contributed by atoms with Crippen molar-refractivity contribution in [1.82, 2.24) is 20.4 Å². The molecule has 138 valence electrons. The summed E-state index contributed by atoms with van der Waals surface area (Å²) >= 11 is 0. The maximum Gasteiger partial charge on any atom is 0.289 e. The van der Waals surface area contributed by atoms with Crippen molar-refractivity contribution in [1.29, 1.82) is 0 Å². The molecule has 8 heteroatoms. The molecule has 0 spiro atoms. The van der Waals surface area contributed by atoms with Gasteiger partial charge >= 0.3 is 0 Å². The first-order valence-electron chi connectivity index (χ1n) is 8.67. The quantitative estimate of drug-likeness (QED) is 0.822. The monoisotopic (exact) mass is 358 g/mol. The molecule has 8 nitrogen and oxygen atoms in total. The smallest absolute Gasteiger partial charge is 0.289 e. The molecular weight excluding hydrogens is 336 g/mol. The van der Waals surface area contributed by atoms with Crippen LogP contribution in [0.4, 0.5) is 0 Å². The first-order valence-corrected chi connectivity index (χ1v) is 8.67. The second-order valence-corrected chi connectivity index (χ2v) is 6.98. The maximum absolute atomic E-state index is 12.2. The number of nitrogens with zero attached hydrogens (tertiary/aromatic N) is 3. The van der Waals surface area contributed by atoms with Crippen molar-refractivity contribution in [2.75, 3.05) is 40.0 Å². The molecule has 0 unspecified atom stereocenters. The minimum atomic E-state index is -0.241. The number of nitrogens with one attached hydrogen (secondary N) is 1. The highest BCUT2D eigenvalue weighted by Crippen LogP contribution is 2.41. The summed E-state index contributed by atoms with van der Waals surface area (Å²) < 4.78 is 16.0. The Balaban J connectivity index is 1.42. The predicted octanol–water partition coefficient (Wildman–Crippen LogP) is 0.957. The van der Waals surface area contributed by atoms with E-state index < -0.39 is 0 Å². The lowest BCUT2D eigenvalue weighted by Crippen LogP contribution is -2.43. The van der Waals surface area contributed by atoms with Crippen molar-refractivity contribution < 1.29 is 18.8 Å². The largest absolute Gasteiger partial charge is 0.481 e. The minimum Gasteiger partial charge on any atom is -0.481 e. The Morgan fingerprint density at radius 2 is 2.38 bits per heavy atom. The third-order valence-corrected chi connectivity index (χ3v) is 5.29. The Morgan fingerprint density at radius 1 is 1.46 bits per heavy atom. The van der Waals surface area contributed by atoms with E-state index in [0.29, 0.717) is 24.9 Å². The van der Waals surface area contributed by atoms with E-state index in [9.17, 15) is 4.79 Å². The fourth-order valence-electron chi connectivity index (χ4n) is 3.96. The second kappa shape index (κ2) is 7.05. The molecule has 2 fully saturated rings. The van der Waals surface area contributed by atoms with Gasteiger partial charge in [-0.1, -0.05) is 11.2 Å². The Kier molecular flexibility index (Phi) is 4.60. The van der Waals surface area contributed by atoms with E-state index in [2.05, 4.69) is 20.4 Å². The number of likely N-dealkylation sites (tertiary alicyclic amines) is 1. The summed E-state index contributed by atoms with van der Waals surface area (Å²) in [6.45, 7) is 4.47. The summed E-state index contributed by atoms with van der Waals surface area (Å²) in [5.41, 5.74) is 0.988. The van der Waals surface area contributed by atoms with Gasteiger partial charge in [-0.15, -0.1) is 0 Å². The zero-order chi connectivity index (χ0) is 18.0. The van der Waals surface area contributed by atoms with Gasteiger partial charge in [-0.2, -0.15) is 0 Å². The normalized spacial score (nSPS) is 25.2. The Morgan fingerprint density at radius 3 is 3.19 bits per heavy atom. The van der Waals surface area contributed by atoms with Gasteiger partial charge in [-0.25, -0.2) is 4.98 Å². The van der Waals surface area contributed by atoms with Crippen LogP contribution in [-0.2, 0) is 11.3 Å². The van der Waals surface area contributed by atoms with Crippen LogP contribution in [0.2, 0.25) is 0 Å². The van der Waals surface area contributed by atoms with Gasteiger partial charge in [0.1, 0.15) is 0 Å². The summed E-state index contributed by atoms with van der Waals surface area (Å²) in [5, 5.41) is 6.56. The number of aromatic nitrogens is 2. The molecule has 26 heavy (non-hydrogen) atoms. The number of fused-ring (bicyclic) bond motifs is 1. The van der Waals surface area contributed by atoms with E-state index >= 15 is 0 Å². The molecule has 2 saturated heterocycles. The van der Waals surface area contributed by atoms with Crippen LogP contribution in [-0.4, -0.2) is 60.9 Å². The summed E-state index contributed by atoms with van der Waals surface area (Å²) in [6, 6.07) is 5.52. The summed E-state index contributed by atoms with van der Waals surface area (Å²) in [6.07, 6.45) is 3.20. The predicted molar refractivity (Wildman–Crippen MR) is 91.6 cm³/mol. The van der Waals surface area contributed by atoms with E-state index in [1.165, 1.54) is 6.20 Å². The Bertz CT molecular complexity index is 766. The van der Waals surface area contributed by atoms with Crippen LogP contribution in [0.3, 0.4) is 0 Å². The van der Waals surface area contributed by atoms with Crippen molar-refractivity contribution in [3.8, 4) is 5.88 Å². The van der Waals surface area contributed by atoms with Crippen molar-refractivity contribution in [2.24, 2.45) is 11.3 Å². The molecule has 2 aliphatic heterocycles. The van der Waals surface area contributed by atoms with E-state index in [-0.39, 0.29) is 17.1 Å². The van der Waals surface area contributed by atoms with Gasteiger partial charge in [0.2, 0.25) is 11.6 Å². The maximum atomic E-state index is 12.2. The summed E-state index contributed by atoms with van der Waals surface area (Å²) in [7, 11) is 1.64. The van der Waals surface area contributed by atoms with Crippen molar-refractivity contribution in [2.45, 2.75) is 6.54 Å². The lowest BCUT2D eigenvalue weighted by atomic mass is 9.81. The first kappa shape index (κ1) is 17.0. The van der Waals surface area contributed by atoms with Gasteiger partial charge in [-0.3, -0.25) is 9.69 Å². The lowest BCUT2D eigenvalue weighted by Gasteiger charge is -2.27. The highest BCUT2D eigenvalue weighted by Gasteiger charge is 2.50. The number of ether oxygens (including phenoxy) is 2. The SMILES string of the molecule is COc1ncccc1CN1C[C@@H]2COC[C@]2(CNC(=O)c2ccno2)C1. The fourth-order valence-corrected chi connectivity index (χ4v) is 3.96. The zero-order valence-electron chi connectivity index (χ0n) is 14.7. The lowest BCUT2D eigenvalue weighted by molar-refractivity contribution is 0.0869. The van der Waals surface area contributed by atoms with Gasteiger partial charge in [0, 0.05) is 55.3 Å². The van der Waals surface area contributed by atoms with Crippen LogP contribution in [0, 0.1) is 11.3 Å². The third kappa shape index (κ3) is 3.17. The van der Waals surface area contributed by atoms with Crippen molar-refractivity contribution in [3.05, 3.63) is 41.9 Å². The van der Waals surface area contributed by atoms with E-state index in [1.807, 2.05) is 12.1 Å². The molecule has 2 aromatic rings. The fraction of sp³-hybridized carbons (Fsp3) is 0.500. The summed E-state index contributed by atoms with van der Waals surface area (Å²) in [5.74, 6) is 1.04.